The predicted octanol–water partition coefficient (Wildman–Crippen LogP) is 3.74. The van der Waals surface area contributed by atoms with Gasteiger partial charge in [0.1, 0.15) is 5.75 Å². The first-order valence-corrected chi connectivity index (χ1v) is 7.51. The van der Waals surface area contributed by atoms with Crippen LogP contribution in [0.2, 0.25) is 0 Å². The van der Waals surface area contributed by atoms with Crippen LogP contribution in [0.5, 0.6) is 5.75 Å². The van der Waals surface area contributed by atoms with Crippen LogP contribution in [-0.4, -0.2) is 24.0 Å². The third kappa shape index (κ3) is 3.71. The van der Waals surface area contributed by atoms with E-state index in [1.165, 1.54) is 24.3 Å². The predicted molar refractivity (Wildman–Crippen MR) is 87.4 cm³/mol. The molecule has 0 aliphatic carbocycles. The maximum atomic E-state index is 12.1. The number of alkyl halides is 2. The zero-order chi connectivity index (χ0) is 16.9. The van der Waals surface area contributed by atoms with Crippen molar-refractivity contribution < 1.29 is 18.3 Å². The van der Waals surface area contributed by atoms with Crippen LogP contribution in [0.15, 0.2) is 54.7 Å². The number of aromatic amines is 1. The number of H-pyrrole nitrogens is 1. The third-order valence-corrected chi connectivity index (χ3v) is 3.70. The number of aromatic nitrogens is 1. The summed E-state index contributed by atoms with van der Waals surface area (Å²) in [6.07, 6.45) is 2.63. The lowest BCUT2D eigenvalue weighted by molar-refractivity contribution is -0.0498. The Morgan fingerprint density at radius 3 is 2.62 bits per heavy atom. The standard InChI is InChI=1S/C18H16F2N2O2/c19-18(20)24-14-7-5-12(6-8-14)17(23)21-10-9-13-11-22-16-4-2-1-3-15(13)16/h1-8,11,18,22H,9-10H2,(H,21,23). The highest BCUT2D eigenvalue weighted by Gasteiger charge is 2.08. The lowest BCUT2D eigenvalue weighted by Gasteiger charge is -2.07. The summed E-state index contributed by atoms with van der Waals surface area (Å²) in [5.74, 6) is -0.223. The van der Waals surface area contributed by atoms with Crippen molar-refractivity contribution in [1.29, 1.82) is 0 Å². The number of carbonyl (C=O) groups excluding carboxylic acids is 1. The summed E-state index contributed by atoms with van der Waals surface area (Å²) in [4.78, 5) is 15.3. The van der Waals surface area contributed by atoms with Gasteiger partial charge in [0.25, 0.3) is 5.91 Å². The Kier molecular flexibility index (Phi) is 4.74. The summed E-state index contributed by atoms with van der Waals surface area (Å²) in [6.45, 7) is -2.39. The Labute approximate surface area is 137 Å². The van der Waals surface area contributed by atoms with Crippen molar-refractivity contribution in [2.24, 2.45) is 0 Å². The van der Waals surface area contributed by atoms with Gasteiger partial charge in [0.05, 0.1) is 0 Å². The number of carbonyl (C=O) groups is 1. The van der Waals surface area contributed by atoms with E-state index in [0.717, 1.165) is 16.5 Å². The van der Waals surface area contributed by atoms with Crippen LogP contribution in [0.4, 0.5) is 8.78 Å². The summed E-state index contributed by atoms with van der Waals surface area (Å²) < 4.78 is 28.4. The Morgan fingerprint density at radius 2 is 1.88 bits per heavy atom. The molecule has 0 fully saturated rings. The van der Waals surface area contributed by atoms with Gasteiger partial charge in [-0.15, -0.1) is 0 Å². The Balaban J connectivity index is 1.55. The minimum absolute atomic E-state index is 0.0281. The van der Waals surface area contributed by atoms with Gasteiger partial charge in [-0.1, -0.05) is 18.2 Å². The fourth-order valence-electron chi connectivity index (χ4n) is 2.54. The molecule has 3 aromatic rings. The largest absolute Gasteiger partial charge is 0.435 e. The molecular weight excluding hydrogens is 314 g/mol. The number of hydrogen-bond acceptors (Lipinski definition) is 2. The first-order chi connectivity index (χ1) is 11.6. The van der Waals surface area contributed by atoms with E-state index in [4.69, 9.17) is 0 Å². The Bertz CT molecular complexity index is 828. The highest BCUT2D eigenvalue weighted by Crippen LogP contribution is 2.18. The molecule has 0 bridgehead atoms. The first kappa shape index (κ1) is 16.0. The van der Waals surface area contributed by atoms with Crippen LogP contribution in [-0.2, 0) is 6.42 Å². The monoisotopic (exact) mass is 330 g/mol. The highest BCUT2D eigenvalue weighted by molar-refractivity contribution is 5.94. The van der Waals surface area contributed by atoms with E-state index in [1.54, 1.807) is 0 Å². The van der Waals surface area contributed by atoms with Gasteiger partial charge in [-0.2, -0.15) is 8.78 Å². The molecule has 0 aliphatic heterocycles. The van der Waals surface area contributed by atoms with Crippen molar-refractivity contribution in [3.63, 3.8) is 0 Å². The topological polar surface area (TPSA) is 54.1 Å². The molecule has 2 aromatic carbocycles. The van der Waals surface area contributed by atoms with Crippen LogP contribution in [0.3, 0.4) is 0 Å². The molecule has 0 saturated carbocycles. The maximum Gasteiger partial charge on any atom is 0.387 e. The normalized spacial score (nSPS) is 11.0. The zero-order valence-electron chi connectivity index (χ0n) is 12.8. The smallest absolute Gasteiger partial charge is 0.387 e. The molecule has 124 valence electrons. The van der Waals surface area contributed by atoms with Crippen LogP contribution < -0.4 is 10.1 Å². The molecule has 1 amide bonds. The van der Waals surface area contributed by atoms with E-state index in [1.807, 2.05) is 30.5 Å². The molecule has 0 saturated heterocycles. The molecule has 1 aromatic heterocycles. The minimum atomic E-state index is -2.87. The van der Waals surface area contributed by atoms with Crippen LogP contribution in [0, 0.1) is 0 Å². The number of nitrogens with one attached hydrogen (secondary N) is 2. The van der Waals surface area contributed by atoms with Crippen LogP contribution in [0.25, 0.3) is 10.9 Å². The quantitative estimate of drug-likeness (QED) is 0.723. The molecule has 4 nitrogen and oxygen atoms in total. The van der Waals surface area contributed by atoms with Crippen molar-refractivity contribution >= 4 is 16.8 Å². The number of hydrogen-bond donors (Lipinski definition) is 2. The SMILES string of the molecule is O=C(NCCc1c[nH]c2ccccc12)c1ccc(OC(F)F)cc1. The molecular formula is C18H16F2N2O2. The highest BCUT2D eigenvalue weighted by atomic mass is 19.3. The number of rotatable bonds is 6. The van der Waals surface area contributed by atoms with E-state index >= 15 is 0 Å². The van der Waals surface area contributed by atoms with Gasteiger partial charge in [0.2, 0.25) is 0 Å². The third-order valence-electron chi connectivity index (χ3n) is 3.70. The fourth-order valence-corrected chi connectivity index (χ4v) is 2.54. The number of fused-ring (bicyclic) bond motifs is 1. The number of amides is 1. The number of para-hydroxylation sites is 1. The van der Waals surface area contributed by atoms with Gasteiger partial charge >= 0.3 is 6.61 Å². The first-order valence-electron chi connectivity index (χ1n) is 7.51. The van der Waals surface area contributed by atoms with Gasteiger partial charge in [-0.3, -0.25) is 4.79 Å². The summed E-state index contributed by atoms with van der Waals surface area (Å²) in [5.41, 5.74) is 2.59. The average molecular weight is 330 g/mol. The van der Waals surface area contributed by atoms with E-state index in [2.05, 4.69) is 15.0 Å². The Morgan fingerprint density at radius 1 is 1.12 bits per heavy atom. The molecule has 0 spiro atoms. The molecule has 0 atom stereocenters. The zero-order valence-corrected chi connectivity index (χ0v) is 12.8. The van der Waals surface area contributed by atoms with Gasteiger partial charge in [-0.25, -0.2) is 0 Å². The van der Waals surface area contributed by atoms with E-state index < -0.39 is 6.61 Å². The minimum Gasteiger partial charge on any atom is -0.435 e. The molecule has 0 unspecified atom stereocenters. The molecule has 1 heterocycles. The summed E-state index contributed by atoms with van der Waals surface area (Å²) in [5, 5.41) is 3.96. The lowest BCUT2D eigenvalue weighted by Crippen LogP contribution is -2.25. The fraction of sp³-hybridized carbons (Fsp3) is 0.167. The molecule has 0 aliphatic rings. The summed E-state index contributed by atoms with van der Waals surface area (Å²) in [7, 11) is 0. The van der Waals surface area contributed by atoms with Crippen molar-refractivity contribution in [3.05, 3.63) is 65.9 Å². The second kappa shape index (κ2) is 7.12. The van der Waals surface area contributed by atoms with Gasteiger partial charge < -0.3 is 15.0 Å². The number of benzene rings is 2. The molecule has 3 rings (SSSR count). The Hall–Kier alpha value is -2.89. The van der Waals surface area contributed by atoms with Crippen LogP contribution in [0.1, 0.15) is 15.9 Å². The van der Waals surface area contributed by atoms with Gasteiger partial charge in [0, 0.05) is 29.2 Å². The number of ether oxygens (including phenoxy) is 1. The number of halogens is 2. The maximum absolute atomic E-state index is 12.1. The van der Waals surface area contributed by atoms with Crippen molar-refractivity contribution in [2.75, 3.05) is 6.54 Å². The molecule has 0 radical (unpaired) electrons. The van der Waals surface area contributed by atoms with Crippen molar-refractivity contribution in [2.45, 2.75) is 13.0 Å². The van der Waals surface area contributed by atoms with E-state index in [-0.39, 0.29) is 11.7 Å². The lowest BCUT2D eigenvalue weighted by atomic mass is 10.1. The van der Waals surface area contributed by atoms with E-state index in [0.29, 0.717) is 18.5 Å². The molecule has 24 heavy (non-hydrogen) atoms. The van der Waals surface area contributed by atoms with Crippen LogP contribution >= 0.6 is 0 Å². The second-order valence-corrected chi connectivity index (χ2v) is 5.27. The van der Waals surface area contributed by atoms with Crippen molar-refractivity contribution in [1.82, 2.24) is 10.3 Å². The molecule has 6 heteroatoms. The molecule has 2 N–H and O–H groups in total. The summed E-state index contributed by atoms with van der Waals surface area (Å²) in [6, 6.07) is 13.6. The second-order valence-electron chi connectivity index (χ2n) is 5.27. The van der Waals surface area contributed by atoms with Crippen molar-refractivity contribution in [3.8, 4) is 5.75 Å². The average Bonchev–Trinajstić information content (AvgIpc) is 2.98. The van der Waals surface area contributed by atoms with Gasteiger partial charge in [-0.05, 0) is 42.3 Å². The van der Waals surface area contributed by atoms with Gasteiger partial charge in [0.15, 0.2) is 0 Å². The summed E-state index contributed by atoms with van der Waals surface area (Å²) >= 11 is 0. The van der Waals surface area contributed by atoms with E-state index in [9.17, 15) is 13.6 Å².